The number of hydrogen-bond donors (Lipinski definition) is 1. The van der Waals surface area contributed by atoms with E-state index in [1.54, 1.807) is 18.2 Å². The molecule has 0 bridgehead atoms. The van der Waals surface area contributed by atoms with Crippen molar-refractivity contribution >= 4 is 5.78 Å². The fourth-order valence-electron chi connectivity index (χ4n) is 4.18. The van der Waals surface area contributed by atoms with Gasteiger partial charge in [-0.25, -0.2) is 9.37 Å². The van der Waals surface area contributed by atoms with Gasteiger partial charge in [-0.3, -0.25) is 14.8 Å². The highest BCUT2D eigenvalue weighted by Crippen LogP contribution is 2.22. The summed E-state index contributed by atoms with van der Waals surface area (Å²) in [5.74, 6) is 1.29. The van der Waals surface area contributed by atoms with Crippen LogP contribution in [0, 0.1) is 11.7 Å². The predicted octanol–water partition coefficient (Wildman–Crippen LogP) is 3.29. The molecule has 1 saturated heterocycles. The summed E-state index contributed by atoms with van der Waals surface area (Å²) in [6.45, 7) is 2.46. The van der Waals surface area contributed by atoms with E-state index in [0.717, 1.165) is 42.8 Å². The summed E-state index contributed by atoms with van der Waals surface area (Å²) in [5, 5.41) is 3.03. The maximum Gasteiger partial charge on any atom is 0.274 e. The molecular weight excluding hydrogens is 381 g/mol. The first-order chi connectivity index (χ1) is 14.6. The molecule has 1 aliphatic rings. The zero-order chi connectivity index (χ0) is 20.5. The lowest BCUT2D eigenvalue weighted by Gasteiger charge is -2.15. The summed E-state index contributed by atoms with van der Waals surface area (Å²) in [5.41, 5.74) is 2.49. The van der Waals surface area contributed by atoms with E-state index in [0.29, 0.717) is 24.1 Å². The molecule has 1 N–H and O–H groups in total. The quantitative estimate of drug-likeness (QED) is 0.555. The van der Waals surface area contributed by atoms with E-state index < -0.39 is 0 Å². The number of hydrogen-bond acceptors (Lipinski definition) is 4. The number of halogens is 1. The van der Waals surface area contributed by atoms with Crippen LogP contribution in [0.5, 0.6) is 0 Å². The normalized spacial score (nSPS) is 17.0. The van der Waals surface area contributed by atoms with Gasteiger partial charge in [0.2, 0.25) is 0 Å². The molecule has 152 valence electrons. The maximum absolute atomic E-state index is 13.4. The molecule has 0 radical (unpaired) electrons. The number of H-pyrrole nitrogens is 1. The van der Waals surface area contributed by atoms with Crippen LogP contribution in [0.3, 0.4) is 0 Å². The first-order valence-electron chi connectivity index (χ1n) is 10.1. The molecule has 1 unspecified atom stereocenters. The molecule has 0 aliphatic carbocycles. The molecule has 7 heteroatoms. The Morgan fingerprint density at radius 3 is 2.77 bits per heavy atom. The fourth-order valence-corrected chi connectivity index (χ4v) is 4.18. The van der Waals surface area contributed by atoms with Crippen molar-refractivity contribution in [2.45, 2.75) is 19.4 Å². The van der Waals surface area contributed by atoms with Crippen molar-refractivity contribution in [1.82, 2.24) is 24.5 Å². The smallest absolute Gasteiger partial charge is 0.274 e. The van der Waals surface area contributed by atoms with Crippen LogP contribution in [0.2, 0.25) is 0 Å². The van der Waals surface area contributed by atoms with Crippen molar-refractivity contribution < 1.29 is 4.39 Å². The van der Waals surface area contributed by atoms with Crippen molar-refractivity contribution in [3.05, 3.63) is 88.1 Å². The molecule has 1 aliphatic heterocycles. The van der Waals surface area contributed by atoms with Crippen molar-refractivity contribution in [3.63, 3.8) is 0 Å². The van der Waals surface area contributed by atoms with E-state index in [1.165, 1.54) is 10.6 Å². The molecule has 3 heterocycles. The van der Waals surface area contributed by atoms with E-state index in [9.17, 15) is 9.18 Å². The summed E-state index contributed by atoms with van der Waals surface area (Å²) < 4.78 is 14.8. The third-order valence-corrected chi connectivity index (χ3v) is 5.60. The first-order valence-corrected chi connectivity index (χ1v) is 10.1. The molecule has 0 amide bonds. The number of fused-ring (bicyclic) bond motifs is 1. The summed E-state index contributed by atoms with van der Waals surface area (Å²) >= 11 is 0. The molecule has 5 rings (SSSR count). The molecule has 2 aromatic heterocycles. The van der Waals surface area contributed by atoms with Gasteiger partial charge in [0, 0.05) is 24.7 Å². The average molecular weight is 403 g/mol. The Balaban J connectivity index is 1.30. The summed E-state index contributed by atoms with van der Waals surface area (Å²) in [7, 11) is 0. The van der Waals surface area contributed by atoms with Crippen LogP contribution in [0.15, 0.2) is 65.5 Å². The Morgan fingerprint density at radius 1 is 1.07 bits per heavy atom. The highest BCUT2D eigenvalue weighted by molar-refractivity contribution is 5.56. The zero-order valence-electron chi connectivity index (χ0n) is 16.5. The first kappa shape index (κ1) is 18.7. The lowest BCUT2D eigenvalue weighted by Crippen LogP contribution is -2.24. The SMILES string of the molecule is O=c1cc(CN2CCC(Cc3cccc(F)c3)C2)nc2nc(-c3ccccc3)[nH]n12. The van der Waals surface area contributed by atoms with E-state index in [4.69, 9.17) is 0 Å². The second kappa shape index (κ2) is 7.84. The van der Waals surface area contributed by atoms with E-state index in [1.807, 2.05) is 36.4 Å². The van der Waals surface area contributed by atoms with Gasteiger partial charge in [0.05, 0.1) is 5.69 Å². The lowest BCUT2D eigenvalue weighted by molar-refractivity contribution is 0.312. The highest BCUT2D eigenvalue weighted by Gasteiger charge is 2.23. The van der Waals surface area contributed by atoms with Gasteiger partial charge in [-0.15, -0.1) is 0 Å². The number of rotatable bonds is 5. The number of nitrogens with one attached hydrogen (secondary N) is 1. The third kappa shape index (κ3) is 3.89. The van der Waals surface area contributed by atoms with Crippen LogP contribution in [0.1, 0.15) is 17.7 Å². The second-order valence-electron chi connectivity index (χ2n) is 7.88. The molecule has 2 aromatic carbocycles. The standard InChI is InChI=1S/C23H22FN5O/c24-19-8-4-5-16(12-19)11-17-9-10-28(14-17)15-20-13-21(30)29-23(25-20)26-22(27-29)18-6-2-1-3-7-18/h1-8,12-13,17H,9-11,14-15H2,(H,25,26,27). The van der Waals surface area contributed by atoms with Crippen LogP contribution >= 0.6 is 0 Å². The molecule has 0 spiro atoms. The molecule has 4 aromatic rings. The fraction of sp³-hybridized carbons (Fsp3) is 0.261. The van der Waals surface area contributed by atoms with Crippen LogP contribution in [-0.4, -0.2) is 37.6 Å². The van der Waals surface area contributed by atoms with Crippen LogP contribution < -0.4 is 5.56 Å². The average Bonchev–Trinajstić information content (AvgIpc) is 3.36. The number of aromatic nitrogens is 4. The van der Waals surface area contributed by atoms with Crippen LogP contribution in [0.25, 0.3) is 17.2 Å². The summed E-state index contributed by atoms with van der Waals surface area (Å²) in [6, 6.07) is 18.1. The van der Waals surface area contributed by atoms with Crippen molar-refractivity contribution in [1.29, 1.82) is 0 Å². The number of aromatic amines is 1. The number of likely N-dealkylation sites (tertiary alicyclic amines) is 1. The maximum atomic E-state index is 13.4. The summed E-state index contributed by atoms with van der Waals surface area (Å²) in [6.07, 6.45) is 1.92. The van der Waals surface area contributed by atoms with Gasteiger partial charge < -0.3 is 0 Å². The van der Waals surface area contributed by atoms with Crippen LogP contribution in [-0.2, 0) is 13.0 Å². The highest BCUT2D eigenvalue weighted by atomic mass is 19.1. The molecule has 6 nitrogen and oxygen atoms in total. The molecule has 1 atom stereocenters. The minimum Gasteiger partial charge on any atom is -0.297 e. The van der Waals surface area contributed by atoms with Crippen molar-refractivity contribution in [3.8, 4) is 11.4 Å². The summed E-state index contributed by atoms with van der Waals surface area (Å²) in [4.78, 5) is 23.9. The minimum absolute atomic E-state index is 0.166. The Kier molecular flexibility index (Phi) is 4.88. The van der Waals surface area contributed by atoms with E-state index >= 15 is 0 Å². The minimum atomic E-state index is -0.186. The van der Waals surface area contributed by atoms with Crippen molar-refractivity contribution in [2.24, 2.45) is 5.92 Å². The van der Waals surface area contributed by atoms with Gasteiger partial charge in [0.1, 0.15) is 5.82 Å². The number of nitrogens with zero attached hydrogens (tertiary/aromatic N) is 4. The second-order valence-corrected chi connectivity index (χ2v) is 7.88. The molecular formula is C23H22FN5O. The number of benzene rings is 2. The van der Waals surface area contributed by atoms with Gasteiger partial charge in [-0.05, 0) is 43.0 Å². The van der Waals surface area contributed by atoms with Gasteiger partial charge in [-0.2, -0.15) is 9.50 Å². The van der Waals surface area contributed by atoms with Gasteiger partial charge in [0.15, 0.2) is 5.82 Å². The van der Waals surface area contributed by atoms with Gasteiger partial charge in [-0.1, -0.05) is 42.5 Å². The van der Waals surface area contributed by atoms with Gasteiger partial charge in [0.25, 0.3) is 11.3 Å². The molecule has 30 heavy (non-hydrogen) atoms. The molecule has 0 saturated carbocycles. The third-order valence-electron chi connectivity index (χ3n) is 5.60. The lowest BCUT2D eigenvalue weighted by atomic mass is 9.99. The Labute approximate surface area is 173 Å². The van der Waals surface area contributed by atoms with E-state index in [-0.39, 0.29) is 11.4 Å². The Bertz CT molecular complexity index is 1230. The zero-order valence-corrected chi connectivity index (χ0v) is 16.5. The largest absolute Gasteiger partial charge is 0.297 e. The topological polar surface area (TPSA) is 66.3 Å². The van der Waals surface area contributed by atoms with Crippen LogP contribution in [0.4, 0.5) is 4.39 Å². The Morgan fingerprint density at radius 2 is 1.93 bits per heavy atom. The van der Waals surface area contributed by atoms with Crippen molar-refractivity contribution in [2.75, 3.05) is 13.1 Å². The monoisotopic (exact) mass is 403 g/mol. The van der Waals surface area contributed by atoms with Gasteiger partial charge >= 0.3 is 0 Å². The predicted molar refractivity (Wildman–Crippen MR) is 113 cm³/mol. The van der Waals surface area contributed by atoms with E-state index in [2.05, 4.69) is 20.0 Å². The Hall–Kier alpha value is -3.32. The molecule has 1 fully saturated rings.